The highest BCUT2D eigenvalue weighted by Crippen LogP contribution is 2.37. The maximum atomic E-state index is 3.74. The lowest BCUT2D eigenvalue weighted by Crippen LogP contribution is -2.26. The molecule has 2 rings (SSSR count). The second-order valence-corrected chi connectivity index (χ2v) is 4.63. The Bertz CT molecular complexity index is 193. The van der Waals surface area contributed by atoms with Crippen LogP contribution in [0.15, 0.2) is 24.3 Å². The van der Waals surface area contributed by atoms with Crippen molar-refractivity contribution in [3.63, 3.8) is 0 Å². The van der Waals surface area contributed by atoms with Gasteiger partial charge in [0.15, 0.2) is 0 Å². The van der Waals surface area contributed by atoms with Gasteiger partial charge in [0.2, 0.25) is 0 Å². The lowest BCUT2D eigenvalue weighted by molar-refractivity contribution is 0.349. The summed E-state index contributed by atoms with van der Waals surface area (Å²) in [5.74, 6) is 1.59. The van der Waals surface area contributed by atoms with Crippen molar-refractivity contribution in [3.05, 3.63) is 24.3 Å². The molecule has 2 aliphatic rings. The van der Waals surface area contributed by atoms with Crippen molar-refractivity contribution in [2.75, 3.05) is 0 Å². The third-order valence-electron chi connectivity index (χ3n) is 2.73. The van der Waals surface area contributed by atoms with Crippen LogP contribution < -0.4 is 0 Å². The Labute approximate surface area is 76.5 Å². The van der Waals surface area contributed by atoms with E-state index in [0.717, 1.165) is 16.7 Å². The van der Waals surface area contributed by atoms with Crippen LogP contribution in [0.1, 0.15) is 19.3 Å². The van der Waals surface area contributed by atoms with Crippen molar-refractivity contribution < 1.29 is 0 Å². The Hall–Kier alpha value is -0.0400. The Morgan fingerprint density at radius 1 is 1.09 bits per heavy atom. The van der Waals surface area contributed by atoms with Crippen molar-refractivity contribution >= 4 is 15.9 Å². The van der Waals surface area contributed by atoms with Crippen LogP contribution in [0.25, 0.3) is 0 Å². The van der Waals surface area contributed by atoms with Crippen molar-refractivity contribution in [1.82, 2.24) is 0 Å². The fraction of sp³-hybridized carbons (Fsp3) is 0.600. The molecule has 1 fully saturated rings. The van der Waals surface area contributed by atoms with Gasteiger partial charge in [-0.3, -0.25) is 0 Å². The van der Waals surface area contributed by atoms with Gasteiger partial charge in [-0.2, -0.15) is 0 Å². The molecular formula is C10H13Br. The van der Waals surface area contributed by atoms with Gasteiger partial charge in [-0.1, -0.05) is 46.7 Å². The highest BCUT2D eigenvalue weighted by molar-refractivity contribution is 9.09. The minimum absolute atomic E-state index is 0.724. The largest absolute Gasteiger partial charge is 0.0884 e. The molecular weight excluding hydrogens is 200 g/mol. The smallest absolute Gasteiger partial charge is 0.0214 e. The molecule has 0 N–H and O–H groups in total. The molecule has 0 bridgehead atoms. The molecule has 0 saturated heterocycles. The molecule has 0 nitrogen and oxygen atoms in total. The van der Waals surface area contributed by atoms with Gasteiger partial charge in [-0.25, -0.2) is 0 Å². The number of halogens is 1. The maximum absolute atomic E-state index is 3.74. The molecule has 0 amide bonds. The molecule has 2 aliphatic carbocycles. The Kier molecular flexibility index (Phi) is 2.17. The number of hydrogen-bond acceptors (Lipinski definition) is 0. The Balaban J connectivity index is 2.14. The molecule has 1 saturated carbocycles. The highest BCUT2D eigenvalue weighted by Gasteiger charge is 2.28. The molecule has 0 radical (unpaired) electrons. The van der Waals surface area contributed by atoms with E-state index < -0.39 is 0 Å². The molecule has 0 aromatic rings. The average molecular weight is 213 g/mol. The summed E-state index contributed by atoms with van der Waals surface area (Å²) < 4.78 is 0. The van der Waals surface area contributed by atoms with Gasteiger partial charge in [0.1, 0.15) is 0 Å². The van der Waals surface area contributed by atoms with Gasteiger partial charge in [0.05, 0.1) is 0 Å². The van der Waals surface area contributed by atoms with Gasteiger partial charge in [0.25, 0.3) is 0 Å². The minimum Gasteiger partial charge on any atom is -0.0884 e. The van der Waals surface area contributed by atoms with Gasteiger partial charge >= 0.3 is 0 Å². The van der Waals surface area contributed by atoms with Crippen LogP contribution >= 0.6 is 15.9 Å². The Morgan fingerprint density at radius 2 is 1.91 bits per heavy atom. The predicted octanol–water partition coefficient (Wildman–Crippen LogP) is 3.29. The third kappa shape index (κ3) is 1.44. The zero-order chi connectivity index (χ0) is 7.68. The van der Waals surface area contributed by atoms with E-state index in [4.69, 9.17) is 0 Å². The lowest BCUT2D eigenvalue weighted by Gasteiger charge is -2.33. The molecule has 1 heteroatoms. The summed E-state index contributed by atoms with van der Waals surface area (Å²) in [5, 5.41) is 0. The predicted molar refractivity (Wildman–Crippen MR) is 51.8 cm³/mol. The van der Waals surface area contributed by atoms with Gasteiger partial charge in [-0.15, -0.1) is 0 Å². The number of fused-ring (bicyclic) bond motifs is 1. The third-order valence-corrected chi connectivity index (χ3v) is 3.80. The van der Waals surface area contributed by atoms with E-state index in [1.165, 1.54) is 19.3 Å². The second kappa shape index (κ2) is 3.14. The Morgan fingerprint density at radius 3 is 2.73 bits per heavy atom. The van der Waals surface area contributed by atoms with E-state index in [1.807, 2.05) is 0 Å². The fourth-order valence-electron chi connectivity index (χ4n) is 2.09. The molecule has 0 aromatic heterocycles. The SMILES string of the molecule is BrC1CCCC2C=CC=CC12. The van der Waals surface area contributed by atoms with Crippen LogP contribution in [0.3, 0.4) is 0 Å². The number of hydrogen-bond donors (Lipinski definition) is 0. The summed E-state index contributed by atoms with van der Waals surface area (Å²) in [4.78, 5) is 0.724. The van der Waals surface area contributed by atoms with Crippen molar-refractivity contribution in [2.24, 2.45) is 11.8 Å². The van der Waals surface area contributed by atoms with E-state index in [0.29, 0.717) is 0 Å². The van der Waals surface area contributed by atoms with Gasteiger partial charge in [0, 0.05) is 4.83 Å². The standard InChI is InChI=1S/C10H13Br/c11-10-7-3-5-8-4-1-2-6-9(8)10/h1-2,4,6,8-10H,3,5,7H2. The first-order valence-corrected chi connectivity index (χ1v) is 5.28. The summed E-state index contributed by atoms with van der Waals surface area (Å²) in [6.07, 6.45) is 13.2. The van der Waals surface area contributed by atoms with E-state index in [-0.39, 0.29) is 0 Å². The zero-order valence-corrected chi connectivity index (χ0v) is 8.13. The summed E-state index contributed by atoms with van der Waals surface area (Å²) >= 11 is 3.74. The van der Waals surface area contributed by atoms with Crippen molar-refractivity contribution in [1.29, 1.82) is 0 Å². The van der Waals surface area contributed by atoms with Crippen LogP contribution in [0.4, 0.5) is 0 Å². The van der Waals surface area contributed by atoms with Crippen LogP contribution in [-0.4, -0.2) is 4.83 Å². The summed E-state index contributed by atoms with van der Waals surface area (Å²) in [7, 11) is 0. The average Bonchev–Trinajstić information content (AvgIpc) is 2.06. The van der Waals surface area contributed by atoms with Crippen molar-refractivity contribution in [3.8, 4) is 0 Å². The van der Waals surface area contributed by atoms with E-state index in [1.54, 1.807) is 0 Å². The molecule has 11 heavy (non-hydrogen) atoms. The number of rotatable bonds is 0. The van der Waals surface area contributed by atoms with Gasteiger partial charge in [-0.05, 0) is 24.7 Å². The summed E-state index contributed by atoms with van der Waals surface area (Å²) in [5.41, 5.74) is 0. The topological polar surface area (TPSA) is 0 Å². The van der Waals surface area contributed by atoms with Crippen LogP contribution in [0, 0.1) is 11.8 Å². The van der Waals surface area contributed by atoms with Crippen LogP contribution in [-0.2, 0) is 0 Å². The molecule has 0 aliphatic heterocycles. The minimum atomic E-state index is 0.724. The second-order valence-electron chi connectivity index (χ2n) is 3.46. The normalized spacial score (nSPS) is 42.1. The molecule has 0 aromatic carbocycles. The highest BCUT2D eigenvalue weighted by atomic mass is 79.9. The quantitative estimate of drug-likeness (QED) is 0.541. The van der Waals surface area contributed by atoms with Crippen LogP contribution in [0.5, 0.6) is 0 Å². The first kappa shape index (κ1) is 7.60. The molecule has 60 valence electrons. The van der Waals surface area contributed by atoms with E-state index in [9.17, 15) is 0 Å². The summed E-state index contributed by atoms with van der Waals surface area (Å²) in [6, 6.07) is 0. The molecule has 3 unspecified atom stereocenters. The van der Waals surface area contributed by atoms with Crippen LogP contribution in [0.2, 0.25) is 0 Å². The molecule has 0 spiro atoms. The maximum Gasteiger partial charge on any atom is 0.0214 e. The lowest BCUT2D eigenvalue weighted by atomic mass is 9.77. The van der Waals surface area contributed by atoms with E-state index in [2.05, 4.69) is 40.2 Å². The summed E-state index contributed by atoms with van der Waals surface area (Å²) in [6.45, 7) is 0. The first-order chi connectivity index (χ1) is 5.38. The number of alkyl halides is 1. The molecule has 3 atom stereocenters. The van der Waals surface area contributed by atoms with Gasteiger partial charge < -0.3 is 0 Å². The molecule has 0 heterocycles. The zero-order valence-electron chi connectivity index (χ0n) is 6.54. The van der Waals surface area contributed by atoms with Crippen molar-refractivity contribution in [2.45, 2.75) is 24.1 Å². The monoisotopic (exact) mass is 212 g/mol. The van der Waals surface area contributed by atoms with E-state index >= 15 is 0 Å². The fourth-order valence-corrected chi connectivity index (χ4v) is 2.98. The number of allylic oxidation sites excluding steroid dienone is 4. The first-order valence-electron chi connectivity index (χ1n) is 4.37.